The Morgan fingerprint density at radius 1 is 1.35 bits per heavy atom. The molecule has 1 aliphatic heterocycles. The van der Waals surface area contributed by atoms with Crippen LogP contribution >= 0.6 is 0 Å². The van der Waals surface area contributed by atoms with Crippen molar-refractivity contribution in [2.24, 2.45) is 5.92 Å². The van der Waals surface area contributed by atoms with Crippen LogP contribution in [0.15, 0.2) is 36.5 Å². The molecule has 2 heterocycles. The predicted octanol–water partition coefficient (Wildman–Crippen LogP) is 1.47. The maximum absolute atomic E-state index is 12.5. The van der Waals surface area contributed by atoms with Crippen molar-refractivity contribution in [3.05, 3.63) is 36.5 Å². The van der Waals surface area contributed by atoms with Crippen LogP contribution in [0.2, 0.25) is 0 Å². The monoisotopic (exact) mass is 313 g/mol. The Labute approximate surface area is 136 Å². The van der Waals surface area contributed by atoms with E-state index in [4.69, 9.17) is 4.74 Å². The normalized spacial score (nSPS) is 29.5. The van der Waals surface area contributed by atoms with E-state index in [1.807, 2.05) is 22.9 Å². The van der Waals surface area contributed by atoms with Gasteiger partial charge in [0.25, 0.3) is 0 Å². The predicted molar refractivity (Wildman–Crippen MR) is 89.2 cm³/mol. The third-order valence-corrected chi connectivity index (χ3v) is 5.27. The molecule has 4 rings (SSSR count). The summed E-state index contributed by atoms with van der Waals surface area (Å²) in [6.45, 7) is 1.18. The van der Waals surface area contributed by atoms with Gasteiger partial charge in [-0.05, 0) is 38.0 Å². The van der Waals surface area contributed by atoms with E-state index in [1.165, 1.54) is 5.39 Å². The van der Waals surface area contributed by atoms with Gasteiger partial charge in [-0.2, -0.15) is 0 Å². The van der Waals surface area contributed by atoms with Crippen LogP contribution in [0, 0.1) is 5.92 Å². The van der Waals surface area contributed by atoms with Crippen LogP contribution < -0.4 is 5.32 Å². The van der Waals surface area contributed by atoms with Crippen LogP contribution in [0.4, 0.5) is 0 Å². The van der Waals surface area contributed by atoms with Crippen molar-refractivity contribution < 1.29 is 9.53 Å². The number of para-hydroxylation sites is 1. The van der Waals surface area contributed by atoms with Gasteiger partial charge in [0.15, 0.2) is 0 Å². The lowest BCUT2D eigenvalue weighted by Crippen LogP contribution is -2.69. The van der Waals surface area contributed by atoms with Crippen LogP contribution in [-0.4, -0.2) is 54.3 Å². The molecule has 1 saturated carbocycles. The van der Waals surface area contributed by atoms with E-state index < -0.39 is 0 Å². The minimum absolute atomic E-state index is 0.0774. The largest absolute Gasteiger partial charge is 0.376 e. The molecule has 1 aromatic carbocycles. The first kappa shape index (κ1) is 14.7. The third-order valence-electron chi connectivity index (χ3n) is 5.27. The molecule has 4 atom stereocenters. The van der Waals surface area contributed by atoms with Gasteiger partial charge in [0.2, 0.25) is 5.91 Å². The number of hydrogen-bond donors (Lipinski definition) is 1. The number of rotatable bonds is 4. The van der Waals surface area contributed by atoms with E-state index in [9.17, 15) is 4.79 Å². The average Bonchev–Trinajstić information content (AvgIpc) is 3.10. The van der Waals surface area contributed by atoms with Gasteiger partial charge in [0, 0.05) is 24.2 Å². The summed E-state index contributed by atoms with van der Waals surface area (Å²) in [5.74, 6) is 0.543. The highest BCUT2D eigenvalue weighted by molar-refractivity contribution is 5.83. The number of ether oxygens (including phenoxy) is 1. The second-order valence-corrected chi connectivity index (χ2v) is 6.84. The van der Waals surface area contributed by atoms with Gasteiger partial charge in [-0.3, -0.25) is 4.79 Å². The zero-order valence-electron chi connectivity index (χ0n) is 13.6. The molecule has 0 spiro atoms. The van der Waals surface area contributed by atoms with Gasteiger partial charge in [0.1, 0.15) is 6.54 Å². The number of nitrogens with one attached hydrogen (secondary N) is 1. The zero-order valence-corrected chi connectivity index (χ0v) is 13.6. The Kier molecular flexibility index (Phi) is 3.62. The lowest BCUT2D eigenvalue weighted by atomic mass is 9.71. The van der Waals surface area contributed by atoms with Crippen LogP contribution in [0.5, 0.6) is 0 Å². The molecule has 1 saturated heterocycles. The van der Waals surface area contributed by atoms with E-state index in [2.05, 4.69) is 42.5 Å². The van der Waals surface area contributed by atoms with Crippen molar-refractivity contribution in [3.8, 4) is 0 Å². The summed E-state index contributed by atoms with van der Waals surface area (Å²) in [4.78, 5) is 14.7. The minimum atomic E-state index is 0.0774. The SMILES string of the molecule is CN(C)[C@@H]1[C@@H](NC(=O)Cn2ccc3ccccc32)[C@H]2CCO[C@H]21. The van der Waals surface area contributed by atoms with E-state index in [1.54, 1.807) is 0 Å². The fraction of sp³-hybridized carbons (Fsp3) is 0.500. The number of likely N-dealkylation sites (N-methyl/N-ethyl adjacent to an activating group) is 1. The Balaban J connectivity index is 1.45. The van der Waals surface area contributed by atoms with Crippen molar-refractivity contribution in [3.63, 3.8) is 0 Å². The fourth-order valence-corrected chi connectivity index (χ4v) is 4.15. The Hall–Kier alpha value is -1.85. The van der Waals surface area contributed by atoms with Crippen molar-refractivity contribution >= 4 is 16.8 Å². The molecule has 0 bridgehead atoms. The molecule has 5 heteroatoms. The topological polar surface area (TPSA) is 46.5 Å². The van der Waals surface area contributed by atoms with Crippen LogP contribution in [-0.2, 0) is 16.1 Å². The summed E-state index contributed by atoms with van der Waals surface area (Å²) < 4.78 is 7.81. The summed E-state index contributed by atoms with van der Waals surface area (Å²) in [6.07, 6.45) is 3.31. The van der Waals surface area contributed by atoms with Crippen molar-refractivity contribution in [2.75, 3.05) is 20.7 Å². The highest BCUT2D eigenvalue weighted by Crippen LogP contribution is 2.41. The molecule has 2 aliphatic rings. The maximum Gasteiger partial charge on any atom is 0.240 e. The Morgan fingerprint density at radius 3 is 3.00 bits per heavy atom. The molecule has 23 heavy (non-hydrogen) atoms. The molecule has 0 unspecified atom stereocenters. The molecular formula is C18H23N3O2. The summed E-state index contributed by atoms with van der Waals surface area (Å²) in [5.41, 5.74) is 1.10. The lowest BCUT2D eigenvalue weighted by Gasteiger charge is -2.50. The van der Waals surface area contributed by atoms with E-state index in [0.29, 0.717) is 12.5 Å². The molecule has 1 aliphatic carbocycles. The van der Waals surface area contributed by atoms with Crippen molar-refractivity contribution in [1.82, 2.24) is 14.8 Å². The van der Waals surface area contributed by atoms with E-state index >= 15 is 0 Å². The standard InChI is InChI=1S/C18H23N3O2/c1-20(2)17-16(13-8-10-23-18(13)17)19-15(22)11-21-9-7-12-5-3-4-6-14(12)21/h3-7,9,13,16-18H,8,10-11H2,1-2H3,(H,19,22)/t13-,16+,17-,18-/m1/s1. The second-order valence-electron chi connectivity index (χ2n) is 6.84. The number of nitrogens with zero attached hydrogens (tertiary/aromatic N) is 2. The molecular weight excluding hydrogens is 290 g/mol. The van der Waals surface area contributed by atoms with E-state index in [-0.39, 0.29) is 24.1 Å². The minimum Gasteiger partial charge on any atom is -0.376 e. The number of carbonyl (C=O) groups is 1. The molecule has 2 aromatic rings. The first-order chi connectivity index (χ1) is 11.1. The number of carbonyl (C=O) groups excluding carboxylic acids is 1. The van der Waals surface area contributed by atoms with Gasteiger partial charge in [-0.15, -0.1) is 0 Å². The number of aromatic nitrogens is 1. The van der Waals surface area contributed by atoms with Crippen LogP contribution in [0.25, 0.3) is 10.9 Å². The molecule has 0 radical (unpaired) electrons. The molecule has 1 aromatic heterocycles. The third kappa shape index (κ3) is 2.44. The average molecular weight is 313 g/mol. The first-order valence-electron chi connectivity index (χ1n) is 8.26. The summed E-state index contributed by atoms with van der Waals surface area (Å²) >= 11 is 0. The van der Waals surface area contributed by atoms with Gasteiger partial charge in [0.05, 0.1) is 18.2 Å². The summed E-state index contributed by atoms with van der Waals surface area (Å²) in [5, 5.41) is 4.41. The van der Waals surface area contributed by atoms with Gasteiger partial charge in [-0.25, -0.2) is 0 Å². The number of hydrogen-bond acceptors (Lipinski definition) is 3. The molecule has 122 valence electrons. The number of fused-ring (bicyclic) bond motifs is 2. The Bertz CT molecular complexity index is 724. The van der Waals surface area contributed by atoms with Gasteiger partial charge >= 0.3 is 0 Å². The fourth-order valence-electron chi connectivity index (χ4n) is 4.15. The maximum atomic E-state index is 12.5. The summed E-state index contributed by atoms with van der Waals surface area (Å²) in [7, 11) is 4.11. The molecule has 2 fully saturated rings. The first-order valence-corrected chi connectivity index (χ1v) is 8.26. The highest BCUT2D eigenvalue weighted by Gasteiger charge is 2.55. The van der Waals surface area contributed by atoms with Crippen molar-refractivity contribution in [2.45, 2.75) is 31.2 Å². The zero-order chi connectivity index (χ0) is 16.0. The van der Waals surface area contributed by atoms with Crippen molar-refractivity contribution in [1.29, 1.82) is 0 Å². The molecule has 1 N–H and O–H groups in total. The van der Waals surface area contributed by atoms with Gasteiger partial charge < -0.3 is 19.5 Å². The molecule has 5 nitrogen and oxygen atoms in total. The smallest absolute Gasteiger partial charge is 0.240 e. The van der Waals surface area contributed by atoms with Gasteiger partial charge in [-0.1, -0.05) is 18.2 Å². The highest BCUT2D eigenvalue weighted by atomic mass is 16.5. The number of benzene rings is 1. The second kappa shape index (κ2) is 5.65. The lowest BCUT2D eigenvalue weighted by molar-refractivity contribution is -0.128. The van der Waals surface area contributed by atoms with Crippen LogP contribution in [0.1, 0.15) is 6.42 Å². The Morgan fingerprint density at radius 2 is 2.17 bits per heavy atom. The summed E-state index contributed by atoms with van der Waals surface area (Å²) in [6, 6.07) is 10.7. The number of amides is 1. The van der Waals surface area contributed by atoms with E-state index in [0.717, 1.165) is 18.5 Å². The van der Waals surface area contributed by atoms with Crippen LogP contribution in [0.3, 0.4) is 0 Å². The molecule has 1 amide bonds. The quantitative estimate of drug-likeness (QED) is 0.930.